The highest BCUT2D eigenvalue weighted by molar-refractivity contribution is 5.93. The molecule has 0 amide bonds. The van der Waals surface area contributed by atoms with Crippen LogP contribution in [0.5, 0.6) is 5.75 Å². The van der Waals surface area contributed by atoms with Crippen LogP contribution in [0.4, 0.5) is 18.9 Å². The Kier molecular flexibility index (Phi) is 6.24. The molecule has 25 heavy (non-hydrogen) atoms. The van der Waals surface area contributed by atoms with Gasteiger partial charge in [0.25, 0.3) is 0 Å². The number of anilines is 1. The first kappa shape index (κ1) is 18.6. The fourth-order valence-electron chi connectivity index (χ4n) is 2.08. The summed E-state index contributed by atoms with van der Waals surface area (Å²) in [5.74, 6) is -0.391. The van der Waals surface area contributed by atoms with E-state index in [4.69, 9.17) is 10.8 Å². The summed E-state index contributed by atoms with van der Waals surface area (Å²) in [6, 6.07) is 12.9. The van der Waals surface area contributed by atoms with Crippen LogP contribution in [0.3, 0.4) is 0 Å². The second-order valence-corrected chi connectivity index (χ2v) is 5.16. The van der Waals surface area contributed by atoms with Crippen molar-refractivity contribution in [1.29, 1.82) is 0 Å². The van der Waals surface area contributed by atoms with Gasteiger partial charge in [-0.25, -0.2) is 0 Å². The monoisotopic (exact) mass is 353 g/mol. The minimum Gasteiger partial charge on any atom is -0.404 e. The van der Waals surface area contributed by atoms with E-state index in [9.17, 15) is 13.2 Å². The van der Waals surface area contributed by atoms with Gasteiger partial charge in [-0.05, 0) is 29.7 Å². The molecular weight excluding hydrogens is 335 g/mol. The van der Waals surface area contributed by atoms with E-state index in [1.165, 1.54) is 18.2 Å². The minimum absolute atomic E-state index is 0.00907. The number of hydrogen-bond acceptors (Lipinski definition) is 3. The number of aliphatic hydroxyl groups excluding tert-OH is 1. The smallest absolute Gasteiger partial charge is 0.404 e. The van der Waals surface area contributed by atoms with Crippen LogP contribution >= 0.6 is 0 Å². The Bertz CT molecular complexity index is 716. The number of hydrogen-bond donors (Lipinski definition) is 3. The van der Waals surface area contributed by atoms with Crippen LogP contribution in [0.2, 0.25) is 0 Å². The van der Waals surface area contributed by atoms with Crippen LogP contribution in [0.25, 0.3) is 0 Å². The van der Waals surface area contributed by atoms with Crippen molar-refractivity contribution in [1.82, 2.24) is 0 Å². The molecule has 0 heterocycles. The molecule has 0 saturated carbocycles. The zero-order valence-electron chi connectivity index (χ0n) is 13.3. The number of rotatable bonds is 6. The first-order valence-corrected chi connectivity index (χ1v) is 7.48. The van der Waals surface area contributed by atoms with Gasteiger partial charge < -0.3 is 20.9 Å². The summed E-state index contributed by atoms with van der Waals surface area (Å²) in [5.41, 5.74) is 7.62. The lowest BCUT2D eigenvalue weighted by Gasteiger charge is -2.14. The van der Waals surface area contributed by atoms with Crippen molar-refractivity contribution in [3.05, 3.63) is 59.7 Å². The van der Waals surface area contributed by atoms with Gasteiger partial charge in [-0.15, -0.1) is 13.2 Å². The Morgan fingerprint density at radius 1 is 1.08 bits per heavy atom. The zero-order valence-corrected chi connectivity index (χ0v) is 13.3. The largest absolute Gasteiger partial charge is 0.573 e. The van der Waals surface area contributed by atoms with Crippen molar-refractivity contribution in [3.63, 3.8) is 0 Å². The van der Waals surface area contributed by atoms with Gasteiger partial charge in [-0.2, -0.15) is 0 Å². The van der Waals surface area contributed by atoms with Gasteiger partial charge in [0.15, 0.2) is 11.7 Å². The van der Waals surface area contributed by atoms with E-state index in [1.54, 1.807) is 6.07 Å². The topological polar surface area (TPSA) is 79.9 Å². The highest BCUT2D eigenvalue weighted by Gasteiger charge is 2.32. The lowest BCUT2D eigenvalue weighted by Crippen LogP contribution is -2.24. The van der Waals surface area contributed by atoms with Crippen LogP contribution < -0.4 is 15.8 Å². The second kappa shape index (κ2) is 8.39. The molecule has 0 saturated heterocycles. The van der Waals surface area contributed by atoms with Crippen molar-refractivity contribution >= 4 is 11.6 Å². The number of benzene rings is 2. The first-order valence-electron chi connectivity index (χ1n) is 7.48. The maximum atomic E-state index is 12.4. The normalized spacial score (nSPS) is 12.1. The summed E-state index contributed by atoms with van der Waals surface area (Å²) < 4.78 is 41.1. The van der Waals surface area contributed by atoms with Crippen molar-refractivity contribution in [3.8, 4) is 5.75 Å². The number of nitrogens with two attached hydrogens (primary N) is 1. The quantitative estimate of drug-likeness (QED) is 0.551. The Labute approximate surface area is 143 Å². The number of halogens is 3. The summed E-state index contributed by atoms with van der Waals surface area (Å²) in [6.45, 7) is 0.342. The number of nitrogens with zero attached hydrogens (tertiary/aromatic N) is 1. The summed E-state index contributed by atoms with van der Waals surface area (Å²) >= 11 is 0. The van der Waals surface area contributed by atoms with Gasteiger partial charge in [0.1, 0.15) is 0 Å². The third-order valence-electron chi connectivity index (χ3n) is 3.26. The molecule has 0 spiro atoms. The van der Waals surface area contributed by atoms with Gasteiger partial charge in [-0.3, -0.25) is 4.99 Å². The molecule has 0 bridgehead atoms. The molecule has 0 aliphatic carbocycles. The fourth-order valence-corrected chi connectivity index (χ4v) is 2.08. The average Bonchev–Trinajstić information content (AvgIpc) is 2.56. The number of alkyl halides is 3. The van der Waals surface area contributed by atoms with E-state index >= 15 is 0 Å². The van der Waals surface area contributed by atoms with Crippen LogP contribution in [0, 0.1) is 0 Å². The molecule has 134 valence electrons. The predicted octanol–water partition coefficient (Wildman–Crippen LogP) is 3.05. The van der Waals surface area contributed by atoms with Crippen LogP contribution in [-0.2, 0) is 13.0 Å². The fraction of sp³-hybridized carbons (Fsp3) is 0.235. The summed E-state index contributed by atoms with van der Waals surface area (Å²) in [6.07, 6.45) is -4.18. The molecule has 0 aromatic heterocycles. The van der Waals surface area contributed by atoms with E-state index in [2.05, 4.69) is 15.0 Å². The Morgan fingerprint density at radius 3 is 2.36 bits per heavy atom. The van der Waals surface area contributed by atoms with Gasteiger partial charge in [0, 0.05) is 6.54 Å². The molecule has 2 rings (SSSR count). The van der Waals surface area contributed by atoms with Gasteiger partial charge in [0.05, 0.1) is 12.3 Å². The molecule has 0 atom stereocenters. The van der Waals surface area contributed by atoms with Crippen molar-refractivity contribution in [2.45, 2.75) is 19.4 Å². The van der Waals surface area contributed by atoms with Crippen molar-refractivity contribution in [2.24, 2.45) is 10.7 Å². The number of guanidine groups is 1. The Balaban J connectivity index is 1.94. The lowest BCUT2D eigenvalue weighted by molar-refractivity contribution is -0.274. The summed E-state index contributed by atoms with van der Waals surface area (Å²) in [7, 11) is 0. The lowest BCUT2D eigenvalue weighted by atomic mass is 10.1. The molecule has 0 aliphatic heterocycles. The third-order valence-corrected chi connectivity index (χ3v) is 3.26. The van der Waals surface area contributed by atoms with Gasteiger partial charge in [0.2, 0.25) is 0 Å². The SMILES string of the molecule is NC(=NCCc1ccc(CO)cc1)Nc1ccccc1OC(F)(F)F. The predicted molar refractivity (Wildman–Crippen MR) is 89.3 cm³/mol. The molecule has 0 aliphatic rings. The number of para-hydroxylation sites is 2. The van der Waals surface area contributed by atoms with Crippen molar-refractivity contribution in [2.75, 3.05) is 11.9 Å². The van der Waals surface area contributed by atoms with E-state index in [0.717, 1.165) is 11.1 Å². The number of nitrogens with one attached hydrogen (secondary N) is 1. The minimum atomic E-state index is -4.79. The molecule has 0 unspecified atom stereocenters. The highest BCUT2D eigenvalue weighted by atomic mass is 19.4. The summed E-state index contributed by atoms with van der Waals surface area (Å²) in [5, 5.41) is 11.6. The zero-order chi connectivity index (χ0) is 18.3. The number of aliphatic hydroxyl groups is 1. The molecule has 5 nitrogen and oxygen atoms in total. The summed E-state index contributed by atoms with van der Waals surface area (Å²) in [4.78, 5) is 4.09. The molecule has 4 N–H and O–H groups in total. The van der Waals surface area contributed by atoms with Gasteiger partial charge >= 0.3 is 6.36 Å². The maximum Gasteiger partial charge on any atom is 0.573 e. The Morgan fingerprint density at radius 2 is 1.72 bits per heavy atom. The van der Waals surface area contributed by atoms with E-state index in [0.29, 0.717) is 13.0 Å². The highest BCUT2D eigenvalue weighted by Crippen LogP contribution is 2.29. The molecular formula is C17H18F3N3O2. The molecule has 2 aromatic carbocycles. The third kappa shape index (κ3) is 6.34. The number of ether oxygens (including phenoxy) is 1. The standard InChI is InChI=1S/C17H18F3N3O2/c18-17(19,20)25-15-4-2-1-3-14(15)23-16(21)22-10-9-12-5-7-13(11-24)8-6-12/h1-8,24H,9-11H2,(H3,21,22,23). The van der Waals surface area contributed by atoms with Crippen LogP contribution in [0.1, 0.15) is 11.1 Å². The second-order valence-electron chi connectivity index (χ2n) is 5.16. The van der Waals surface area contributed by atoms with Crippen LogP contribution in [-0.4, -0.2) is 24.0 Å². The van der Waals surface area contributed by atoms with E-state index in [1.807, 2.05) is 24.3 Å². The van der Waals surface area contributed by atoms with Gasteiger partial charge in [-0.1, -0.05) is 36.4 Å². The molecule has 0 fully saturated rings. The van der Waals surface area contributed by atoms with E-state index in [-0.39, 0.29) is 24.0 Å². The maximum absolute atomic E-state index is 12.4. The molecule has 0 radical (unpaired) electrons. The molecule has 8 heteroatoms. The number of aliphatic imine (C=N–C) groups is 1. The van der Waals surface area contributed by atoms with Crippen molar-refractivity contribution < 1.29 is 23.0 Å². The average molecular weight is 353 g/mol. The first-order chi connectivity index (χ1) is 11.9. The molecule has 2 aromatic rings. The van der Waals surface area contributed by atoms with E-state index < -0.39 is 6.36 Å². The Hall–Kier alpha value is -2.74. The van der Waals surface area contributed by atoms with Crippen LogP contribution in [0.15, 0.2) is 53.5 Å².